The zero-order valence-electron chi connectivity index (χ0n) is 16.3. The summed E-state index contributed by atoms with van der Waals surface area (Å²) in [6.07, 6.45) is 2.67. The highest BCUT2D eigenvalue weighted by Gasteiger charge is 2.50. The smallest absolute Gasteiger partial charge is 0.422 e. The summed E-state index contributed by atoms with van der Waals surface area (Å²) in [6, 6.07) is 20.7. The molecule has 0 radical (unpaired) electrons. The molecule has 2 aromatic carbocycles. The topological polar surface area (TPSA) is 49.8 Å². The molecule has 4 nitrogen and oxygen atoms in total. The van der Waals surface area contributed by atoms with Crippen molar-refractivity contribution in [2.24, 2.45) is 0 Å². The molecule has 0 aromatic heterocycles. The predicted molar refractivity (Wildman–Crippen MR) is 118 cm³/mol. The van der Waals surface area contributed by atoms with Gasteiger partial charge in [-0.15, -0.1) is 0 Å². The van der Waals surface area contributed by atoms with E-state index < -0.39 is 14.4 Å². The van der Waals surface area contributed by atoms with E-state index >= 15 is 0 Å². The van der Waals surface area contributed by atoms with Gasteiger partial charge in [-0.25, -0.2) is 9.10 Å². The summed E-state index contributed by atoms with van der Waals surface area (Å²) in [5, 5.41) is 13.5. The summed E-state index contributed by atoms with van der Waals surface area (Å²) in [5.41, 5.74) is 0.632. The van der Waals surface area contributed by atoms with E-state index in [-0.39, 0.29) is 11.6 Å². The monoisotopic (exact) mass is 411 g/mol. The molecule has 0 fully saturated rings. The Morgan fingerprint density at radius 3 is 2.04 bits per heavy atom. The molecule has 0 atom stereocenters. The van der Waals surface area contributed by atoms with E-state index in [2.05, 4.69) is 45.0 Å². The van der Waals surface area contributed by atoms with E-state index in [0.29, 0.717) is 5.70 Å². The number of benzene rings is 2. The summed E-state index contributed by atoms with van der Waals surface area (Å²) < 4.78 is 8.07. The molecule has 146 valence electrons. The van der Waals surface area contributed by atoms with Gasteiger partial charge in [-0.05, 0) is 38.8 Å². The molecule has 0 saturated heterocycles. The second kappa shape index (κ2) is 8.39. The Morgan fingerprint density at radius 2 is 1.57 bits per heavy atom. The Labute approximate surface area is 171 Å². The quantitative estimate of drug-likeness (QED) is 0.577. The van der Waals surface area contributed by atoms with Gasteiger partial charge in [-0.1, -0.05) is 87.5 Å². The molecule has 28 heavy (non-hydrogen) atoms. The minimum absolute atomic E-state index is 0.151. The van der Waals surface area contributed by atoms with Crippen LogP contribution in [0.4, 0.5) is 4.79 Å². The van der Waals surface area contributed by atoms with Crippen LogP contribution in [0.15, 0.2) is 83.9 Å². The van der Waals surface area contributed by atoms with Crippen LogP contribution in [-0.4, -0.2) is 30.4 Å². The summed E-state index contributed by atoms with van der Waals surface area (Å²) in [6.45, 7) is 6.85. The zero-order chi connectivity index (χ0) is 20.2. The van der Waals surface area contributed by atoms with E-state index in [9.17, 15) is 9.90 Å². The van der Waals surface area contributed by atoms with E-state index in [1.54, 1.807) is 5.41 Å². The highest BCUT2D eigenvalue weighted by molar-refractivity contribution is 8.00. The fourth-order valence-electron chi connectivity index (χ4n) is 3.60. The fourth-order valence-corrected chi connectivity index (χ4v) is 8.73. The molecule has 1 N–H and O–H groups in total. The largest absolute Gasteiger partial charge is 0.464 e. The van der Waals surface area contributed by atoms with Crippen molar-refractivity contribution in [3.05, 3.63) is 83.9 Å². The maximum atomic E-state index is 11.6. The van der Waals surface area contributed by atoms with Crippen molar-refractivity contribution in [3.63, 3.8) is 0 Å². The van der Waals surface area contributed by atoms with E-state index in [0.717, 1.165) is 11.9 Å². The standard InChI is InChI=1S/C22H25NO3SSi/c1-22(2,3)28(19-12-6-4-7-13-19,20-14-8-5-9-15-20)26-17-18-11-10-16-27-23(18)21(24)25/h4-16H,17H2,1-3H3,(H,24,25). The van der Waals surface area contributed by atoms with Crippen molar-refractivity contribution in [3.8, 4) is 0 Å². The van der Waals surface area contributed by atoms with Crippen LogP contribution in [0, 0.1) is 0 Å². The van der Waals surface area contributed by atoms with Gasteiger partial charge in [0.1, 0.15) is 0 Å². The van der Waals surface area contributed by atoms with Gasteiger partial charge in [-0.2, -0.15) is 0 Å². The van der Waals surface area contributed by atoms with Crippen molar-refractivity contribution in [2.75, 3.05) is 6.61 Å². The number of nitrogens with zero attached hydrogens (tertiary/aromatic N) is 1. The van der Waals surface area contributed by atoms with Crippen LogP contribution >= 0.6 is 11.9 Å². The van der Waals surface area contributed by atoms with E-state index in [1.807, 2.05) is 48.6 Å². The molecule has 1 aliphatic heterocycles. The van der Waals surface area contributed by atoms with Crippen LogP contribution in [0.5, 0.6) is 0 Å². The van der Waals surface area contributed by atoms with Crippen molar-refractivity contribution >= 4 is 36.7 Å². The van der Waals surface area contributed by atoms with Crippen LogP contribution in [0.3, 0.4) is 0 Å². The van der Waals surface area contributed by atoms with Gasteiger partial charge in [0, 0.05) is 0 Å². The molecule has 0 saturated carbocycles. The third-order valence-electron chi connectivity index (χ3n) is 4.82. The molecular formula is C22H25NO3SSi. The molecule has 0 aliphatic carbocycles. The number of amides is 1. The molecule has 0 unspecified atom stereocenters. The van der Waals surface area contributed by atoms with Crippen molar-refractivity contribution in [2.45, 2.75) is 25.8 Å². The maximum absolute atomic E-state index is 11.6. The molecule has 1 heterocycles. The number of hydrogen-bond donors (Lipinski definition) is 1. The Hall–Kier alpha value is -2.28. The first kappa shape index (κ1) is 20.5. The summed E-state index contributed by atoms with van der Waals surface area (Å²) in [5.74, 6) is 0. The van der Waals surface area contributed by atoms with Crippen LogP contribution in [0.25, 0.3) is 0 Å². The number of carbonyl (C=O) groups is 1. The first-order valence-corrected chi connectivity index (χ1v) is 11.9. The van der Waals surface area contributed by atoms with Gasteiger partial charge in [0.2, 0.25) is 0 Å². The molecule has 3 rings (SSSR count). The SMILES string of the molecule is CC(C)(C)[Si](OCC1=CC=CSN1C(=O)O)(c1ccccc1)c1ccccc1. The highest BCUT2D eigenvalue weighted by Crippen LogP contribution is 2.37. The Bertz CT molecular complexity index is 836. The third-order valence-corrected chi connectivity index (χ3v) is 10.7. The van der Waals surface area contributed by atoms with Crippen LogP contribution in [-0.2, 0) is 4.43 Å². The lowest BCUT2D eigenvalue weighted by molar-refractivity contribution is 0.178. The van der Waals surface area contributed by atoms with Gasteiger partial charge in [0.15, 0.2) is 0 Å². The van der Waals surface area contributed by atoms with Crippen LogP contribution in [0.2, 0.25) is 5.04 Å². The highest BCUT2D eigenvalue weighted by atomic mass is 32.2. The van der Waals surface area contributed by atoms with Gasteiger partial charge >= 0.3 is 6.09 Å². The first-order chi connectivity index (χ1) is 13.4. The van der Waals surface area contributed by atoms with Gasteiger partial charge in [0.25, 0.3) is 8.32 Å². The normalized spacial score (nSPS) is 14.7. The maximum Gasteiger partial charge on any atom is 0.422 e. The summed E-state index contributed by atoms with van der Waals surface area (Å²) in [7, 11) is -2.69. The number of allylic oxidation sites excluding steroid dienone is 2. The zero-order valence-corrected chi connectivity index (χ0v) is 18.1. The van der Waals surface area contributed by atoms with Crippen molar-refractivity contribution < 1.29 is 14.3 Å². The molecule has 1 aliphatic rings. The van der Waals surface area contributed by atoms with Crippen LogP contribution < -0.4 is 10.4 Å². The van der Waals surface area contributed by atoms with E-state index in [1.165, 1.54) is 14.7 Å². The number of rotatable bonds is 5. The lowest BCUT2D eigenvalue weighted by atomic mass is 10.2. The Morgan fingerprint density at radius 1 is 1.04 bits per heavy atom. The molecule has 1 amide bonds. The Kier molecular flexibility index (Phi) is 6.13. The lowest BCUT2D eigenvalue weighted by Gasteiger charge is -2.43. The van der Waals surface area contributed by atoms with Crippen molar-refractivity contribution in [1.29, 1.82) is 0 Å². The van der Waals surface area contributed by atoms with Crippen LogP contribution in [0.1, 0.15) is 20.8 Å². The minimum atomic E-state index is -2.69. The minimum Gasteiger partial charge on any atom is -0.464 e. The second-order valence-electron chi connectivity index (χ2n) is 7.62. The average molecular weight is 412 g/mol. The molecular weight excluding hydrogens is 386 g/mol. The number of carboxylic acid groups (broad SMARTS) is 1. The fraction of sp³-hybridized carbons (Fsp3) is 0.227. The summed E-state index contributed by atoms with van der Waals surface area (Å²) >= 11 is 1.15. The molecule has 0 spiro atoms. The summed E-state index contributed by atoms with van der Waals surface area (Å²) in [4.78, 5) is 11.6. The average Bonchev–Trinajstić information content (AvgIpc) is 2.69. The predicted octanol–water partition coefficient (Wildman–Crippen LogP) is 4.60. The van der Waals surface area contributed by atoms with Gasteiger partial charge in [-0.3, -0.25) is 0 Å². The van der Waals surface area contributed by atoms with Crippen molar-refractivity contribution in [1.82, 2.24) is 4.31 Å². The second-order valence-corrected chi connectivity index (χ2v) is 12.8. The number of hydrogen-bond acceptors (Lipinski definition) is 3. The van der Waals surface area contributed by atoms with Gasteiger partial charge < -0.3 is 9.53 Å². The van der Waals surface area contributed by atoms with Gasteiger partial charge in [0.05, 0.1) is 12.3 Å². The third kappa shape index (κ3) is 3.94. The molecule has 0 bridgehead atoms. The lowest BCUT2D eigenvalue weighted by Crippen LogP contribution is -2.66. The Balaban J connectivity index is 2.08. The van der Waals surface area contributed by atoms with E-state index in [4.69, 9.17) is 4.43 Å². The molecule has 2 aromatic rings. The first-order valence-electron chi connectivity index (χ1n) is 9.17. The molecule has 6 heteroatoms.